The number of rotatable bonds is 9. The number of nitrogens with zero attached hydrogens (tertiary/aromatic N) is 1. The van der Waals surface area contributed by atoms with Crippen LogP contribution in [0.4, 0.5) is 28.9 Å². The summed E-state index contributed by atoms with van der Waals surface area (Å²) in [6.07, 6.45) is 0.450. The lowest BCUT2D eigenvalue weighted by atomic mass is 9.83. The molecule has 1 saturated heterocycles. The van der Waals surface area contributed by atoms with Gasteiger partial charge in [0.25, 0.3) is 5.91 Å². The van der Waals surface area contributed by atoms with Gasteiger partial charge in [-0.3, -0.25) is 14.4 Å². The lowest BCUT2D eigenvalue weighted by molar-refractivity contribution is -0.146. The van der Waals surface area contributed by atoms with Crippen molar-refractivity contribution in [3.8, 4) is 0 Å². The van der Waals surface area contributed by atoms with E-state index in [1.807, 2.05) is 24.3 Å². The number of anilines is 2. The molecule has 12 heteroatoms. The van der Waals surface area contributed by atoms with Crippen LogP contribution >= 0.6 is 0 Å². The maximum Gasteiger partial charge on any atom is 0.416 e. The van der Waals surface area contributed by atoms with Crippen LogP contribution in [0, 0.1) is 18.7 Å². The Labute approximate surface area is 270 Å². The molecule has 0 aromatic heterocycles. The molecule has 4 N–H and O–H groups in total. The van der Waals surface area contributed by atoms with Crippen LogP contribution in [0.1, 0.15) is 77.2 Å². The van der Waals surface area contributed by atoms with E-state index in [4.69, 9.17) is 10.5 Å². The molecule has 8 nitrogen and oxygen atoms in total. The molecular weight excluding hydrogens is 616 g/mol. The van der Waals surface area contributed by atoms with E-state index in [0.717, 1.165) is 43.5 Å². The fourth-order valence-electron chi connectivity index (χ4n) is 6.54. The third kappa shape index (κ3) is 7.93. The normalized spacial score (nSPS) is 18.6. The van der Waals surface area contributed by atoms with Gasteiger partial charge in [-0.05, 0) is 74.1 Å². The van der Waals surface area contributed by atoms with E-state index in [9.17, 15) is 27.6 Å². The highest BCUT2D eigenvalue weighted by atomic mass is 19.4. The molecule has 3 aromatic carbocycles. The Kier molecular flexibility index (Phi) is 10.5. The smallest absolute Gasteiger partial charge is 0.416 e. The van der Waals surface area contributed by atoms with Crippen LogP contribution in [-0.4, -0.2) is 41.8 Å². The summed E-state index contributed by atoms with van der Waals surface area (Å²) >= 11 is 0. The maximum absolute atomic E-state index is 15.0. The highest BCUT2D eigenvalue weighted by Crippen LogP contribution is 2.40. The SMILES string of the molecule is Cc1cccc(F)c1C(=O)N1CCC[C@H](C(=O)Nc2ccc(COC(=O)CN)c(C(F)(F)F)c2)[C@@H]1c1ccc(NC2CCCC2)cc1. The van der Waals surface area contributed by atoms with Gasteiger partial charge in [0, 0.05) is 29.5 Å². The molecule has 2 amide bonds. The second-order valence-corrected chi connectivity index (χ2v) is 12.1. The van der Waals surface area contributed by atoms with E-state index in [1.54, 1.807) is 13.0 Å². The molecule has 1 heterocycles. The van der Waals surface area contributed by atoms with Gasteiger partial charge in [-0.15, -0.1) is 0 Å². The molecule has 0 radical (unpaired) electrons. The van der Waals surface area contributed by atoms with Gasteiger partial charge in [-0.25, -0.2) is 4.39 Å². The predicted octanol–water partition coefficient (Wildman–Crippen LogP) is 6.74. The maximum atomic E-state index is 15.0. The largest absolute Gasteiger partial charge is 0.460 e. The Morgan fingerprint density at radius 2 is 1.66 bits per heavy atom. The van der Waals surface area contributed by atoms with Crippen molar-refractivity contribution in [1.29, 1.82) is 0 Å². The number of hydrogen-bond donors (Lipinski definition) is 3. The second kappa shape index (κ2) is 14.5. The third-order valence-corrected chi connectivity index (χ3v) is 8.88. The monoisotopic (exact) mass is 654 g/mol. The molecule has 1 aliphatic heterocycles. The number of likely N-dealkylation sites (tertiary alicyclic amines) is 1. The lowest BCUT2D eigenvalue weighted by Gasteiger charge is -2.41. The number of carbonyl (C=O) groups excluding carboxylic acids is 3. The number of nitrogens with one attached hydrogen (secondary N) is 2. The van der Waals surface area contributed by atoms with Crippen LogP contribution in [0.5, 0.6) is 0 Å². The van der Waals surface area contributed by atoms with Crippen molar-refractivity contribution >= 4 is 29.2 Å². The summed E-state index contributed by atoms with van der Waals surface area (Å²) in [7, 11) is 0. The van der Waals surface area contributed by atoms with Crippen molar-refractivity contribution in [2.75, 3.05) is 23.7 Å². The minimum atomic E-state index is -4.80. The zero-order valence-electron chi connectivity index (χ0n) is 26.0. The molecule has 2 fully saturated rings. The van der Waals surface area contributed by atoms with Gasteiger partial charge in [0.05, 0.1) is 29.6 Å². The molecule has 3 aromatic rings. The number of nitrogens with two attached hydrogens (primary N) is 1. The Bertz CT molecular complexity index is 1590. The minimum Gasteiger partial charge on any atom is -0.460 e. The Balaban J connectivity index is 1.45. The molecule has 47 heavy (non-hydrogen) atoms. The average molecular weight is 655 g/mol. The summed E-state index contributed by atoms with van der Waals surface area (Å²) in [5.74, 6) is -3.53. The molecule has 0 spiro atoms. The molecule has 1 aliphatic carbocycles. The van der Waals surface area contributed by atoms with Gasteiger partial charge >= 0.3 is 12.1 Å². The average Bonchev–Trinajstić information content (AvgIpc) is 3.56. The standard InChI is InChI=1S/C35H38F4N4O4/c1-21-6-4-10-29(36)31(21)34(46)43-17-5-9-27(32(43)22-11-14-25(15-12-22)41-24-7-2-3-8-24)33(45)42-26-16-13-23(20-47-30(44)19-40)28(18-26)35(37,38)39/h4,6,10-16,18,24,27,32,41H,2-3,5,7-9,17,19-20,40H2,1H3,(H,42,45)/t27-,32-/m0/s1. The molecule has 250 valence electrons. The van der Waals surface area contributed by atoms with Crippen molar-refractivity contribution in [2.45, 2.75) is 70.3 Å². The number of piperidine rings is 1. The second-order valence-electron chi connectivity index (χ2n) is 12.1. The first kappa shape index (κ1) is 33.9. The predicted molar refractivity (Wildman–Crippen MR) is 169 cm³/mol. The lowest BCUT2D eigenvalue weighted by Crippen LogP contribution is -2.46. The highest BCUT2D eigenvalue weighted by molar-refractivity contribution is 5.98. The van der Waals surface area contributed by atoms with Gasteiger partial charge < -0.3 is 26.0 Å². The molecule has 2 atom stereocenters. The number of halogens is 4. The Hall–Kier alpha value is -4.45. The van der Waals surface area contributed by atoms with Crippen molar-refractivity contribution in [3.05, 3.63) is 94.3 Å². The van der Waals surface area contributed by atoms with Crippen molar-refractivity contribution in [1.82, 2.24) is 4.90 Å². The number of alkyl halides is 3. The van der Waals surface area contributed by atoms with Crippen LogP contribution < -0.4 is 16.4 Å². The Morgan fingerprint density at radius 3 is 2.32 bits per heavy atom. The molecule has 2 aliphatic rings. The first-order valence-electron chi connectivity index (χ1n) is 15.8. The number of aryl methyl sites for hydroxylation is 1. The summed E-state index contributed by atoms with van der Waals surface area (Å²) in [6.45, 7) is 0.787. The number of esters is 1. The first-order chi connectivity index (χ1) is 22.5. The van der Waals surface area contributed by atoms with E-state index in [0.29, 0.717) is 30.0 Å². The first-order valence-corrected chi connectivity index (χ1v) is 15.8. The number of carbonyl (C=O) groups is 3. The summed E-state index contributed by atoms with van der Waals surface area (Å²) in [4.78, 5) is 40.8. The van der Waals surface area contributed by atoms with Crippen LogP contribution in [0.25, 0.3) is 0 Å². The van der Waals surface area contributed by atoms with Crippen molar-refractivity contribution < 1.29 is 36.7 Å². The number of ether oxygens (including phenoxy) is 1. The van der Waals surface area contributed by atoms with E-state index in [-0.39, 0.29) is 23.4 Å². The zero-order valence-corrected chi connectivity index (χ0v) is 26.0. The van der Waals surface area contributed by atoms with Crippen molar-refractivity contribution in [3.63, 3.8) is 0 Å². The van der Waals surface area contributed by atoms with Gasteiger partial charge in [-0.2, -0.15) is 13.2 Å². The molecule has 5 rings (SSSR count). The van der Waals surface area contributed by atoms with Crippen LogP contribution in [-0.2, 0) is 27.1 Å². The van der Waals surface area contributed by atoms with Gasteiger partial charge in [0.2, 0.25) is 5.91 Å². The van der Waals surface area contributed by atoms with Gasteiger partial charge in [-0.1, -0.05) is 43.2 Å². The van der Waals surface area contributed by atoms with Crippen LogP contribution in [0.15, 0.2) is 60.7 Å². The number of benzene rings is 3. The fraction of sp³-hybridized carbons (Fsp3) is 0.400. The summed E-state index contributed by atoms with van der Waals surface area (Å²) in [5.41, 5.74) is 5.63. The van der Waals surface area contributed by atoms with E-state index < -0.39 is 60.5 Å². The zero-order chi connectivity index (χ0) is 33.7. The summed E-state index contributed by atoms with van der Waals surface area (Å²) in [6, 6.07) is 14.6. The number of hydrogen-bond acceptors (Lipinski definition) is 6. The molecule has 0 bridgehead atoms. The number of amides is 2. The summed E-state index contributed by atoms with van der Waals surface area (Å²) in [5, 5.41) is 6.14. The van der Waals surface area contributed by atoms with Crippen molar-refractivity contribution in [2.24, 2.45) is 11.7 Å². The van der Waals surface area contributed by atoms with E-state index >= 15 is 4.39 Å². The molecule has 1 saturated carbocycles. The van der Waals surface area contributed by atoms with Gasteiger partial charge in [0.15, 0.2) is 0 Å². The fourth-order valence-corrected chi connectivity index (χ4v) is 6.54. The van der Waals surface area contributed by atoms with Crippen LogP contribution in [0.3, 0.4) is 0 Å². The van der Waals surface area contributed by atoms with Crippen LogP contribution in [0.2, 0.25) is 0 Å². The topological polar surface area (TPSA) is 114 Å². The summed E-state index contributed by atoms with van der Waals surface area (Å²) < 4.78 is 61.7. The third-order valence-electron chi connectivity index (χ3n) is 8.88. The van der Waals surface area contributed by atoms with E-state index in [1.165, 1.54) is 23.1 Å². The minimum absolute atomic E-state index is 0.0844. The Morgan fingerprint density at radius 1 is 0.957 bits per heavy atom. The van der Waals surface area contributed by atoms with E-state index in [2.05, 4.69) is 10.6 Å². The van der Waals surface area contributed by atoms with Gasteiger partial charge in [0.1, 0.15) is 12.4 Å². The molecule has 0 unspecified atom stereocenters. The molecular formula is C35H38F4N4O4. The quantitative estimate of drug-likeness (QED) is 0.174. The highest BCUT2D eigenvalue weighted by Gasteiger charge is 2.41.